The zero-order valence-corrected chi connectivity index (χ0v) is 20.5. The molecule has 0 aromatic heterocycles. The predicted octanol–water partition coefficient (Wildman–Crippen LogP) is 5.61. The van der Waals surface area contributed by atoms with Crippen molar-refractivity contribution in [1.29, 1.82) is 5.26 Å². The van der Waals surface area contributed by atoms with Gasteiger partial charge < -0.3 is 4.90 Å². The molecule has 4 nitrogen and oxygen atoms in total. The molecule has 0 bridgehead atoms. The van der Waals surface area contributed by atoms with Crippen LogP contribution in [0, 0.1) is 31.1 Å². The van der Waals surface area contributed by atoms with Gasteiger partial charge in [0.25, 0.3) is 0 Å². The van der Waals surface area contributed by atoms with E-state index in [1.54, 1.807) is 18.2 Å². The Morgan fingerprint density at radius 1 is 1.10 bits per heavy atom. The van der Waals surface area contributed by atoms with Crippen molar-refractivity contribution in [3.63, 3.8) is 0 Å². The van der Waals surface area contributed by atoms with Crippen LogP contribution in [-0.4, -0.2) is 38.2 Å². The molecule has 1 aliphatic rings. The van der Waals surface area contributed by atoms with Crippen LogP contribution in [0.25, 0.3) is 0 Å². The fraction of sp³-hybridized carbons (Fsp3) is 0.480. The van der Waals surface area contributed by atoms with E-state index in [1.165, 1.54) is 11.8 Å². The number of piperidine rings is 1. The molecule has 0 N–H and O–H groups in total. The van der Waals surface area contributed by atoms with Crippen molar-refractivity contribution in [2.45, 2.75) is 67.7 Å². The van der Waals surface area contributed by atoms with E-state index < -0.39 is 9.84 Å². The van der Waals surface area contributed by atoms with Crippen molar-refractivity contribution >= 4 is 21.6 Å². The number of rotatable bonds is 7. The Balaban J connectivity index is 1.79. The SMILES string of the molecule is Cc1ccc(C)c(Sc2ccc(C#N)cc2S(=O)(=O)CCC2CCN(C(C)C)CC2)c1. The summed E-state index contributed by atoms with van der Waals surface area (Å²) in [5.41, 5.74) is 2.63. The molecule has 3 rings (SSSR count). The molecule has 0 unspecified atom stereocenters. The van der Waals surface area contributed by atoms with Crippen LogP contribution < -0.4 is 0 Å². The lowest BCUT2D eigenvalue weighted by atomic mass is 9.94. The van der Waals surface area contributed by atoms with Crippen LogP contribution in [0.15, 0.2) is 51.1 Å². The molecule has 1 heterocycles. The number of likely N-dealkylation sites (tertiary alicyclic amines) is 1. The highest BCUT2D eigenvalue weighted by atomic mass is 32.2. The van der Waals surface area contributed by atoms with E-state index in [0.717, 1.165) is 42.0 Å². The lowest BCUT2D eigenvalue weighted by Crippen LogP contribution is -2.38. The summed E-state index contributed by atoms with van der Waals surface area (Å²) in [5.74, 6) is 0.577. The smallest absolute Gasteiger partial charge is 0.179 e. The Kier molecular flexibility index (Phi) is 7.85. The Hall–Kier alpha value is -1.81. The molecule has 2 aromatic rings. The van der Waals surface area contributed by atoms with Crippen LogP contribution in [0.1, 0.15) is 49.8 Å². The Morgan fingerprint density at radius 2 is 1.81 bits per heavy atom. The summed E-state index contributed by atoms with van der Waals surface area (Å²) < 4.78 is 26.7. The van der Waals surface area contributed by atoms with Crippen LogP contribution in [0.5, 0.6) is 0 Å². The highest BCUT2D eigenvalue weighted by molar-refractivity contribution is 8.00. The van der Waals surface area contributed by atoms with E-state index in [4.69, 9.17) is 0 Å². The maximum absolute atomic E-state index is 13.3. The molecule has 2 aromatic carbocycles. The van der Waals surface area contributed by atoms with Gasteiger partial charge in [-0.25, -0.2) is 8.42 Å². The first-order chi connectivity index (χ1) is 14.7. The maximum Gasteiger partial charge on any atom is 0.179 e. The lowest BCUT2D eigenvalue weighted by Gasteiger charge is -2.34. The number of nitriles is 1. The summed E-state index contributed by atoms with van der Waals surface area (Å²) in [6, 6.07) is 13.9. The summed E-state index contributed by atoms with van der Waals surface area (Å²) in [7, 11) is -3.48. The van der Waals surface area contributed by atoms with E-state index in [-0.39, 0.29) is 10.6 Å². The molecule has 0 saturated carbocycles. The average molecular weight is 457 g/mol. The normalized spacial score (nSPS) is 15.9. The van der Waals surface area contributed by atoms with E-state index in [2.05, 4.69) is 43.0 Å². The standard InChI is InChI=1S/C25H32N2O2S2/c1-18(2)27-12-9-21(10-13-27)11-14-31(28,29)25-16-22(17-26)7-8-23(25)30-24-15-19(3)5-6-20(24)4/h5-8,15-16,18,21H,9-14H2,1-4H3. The molecule has 166 valence electrons. The van der Waals surface area contributed by atoms with Gasteiger partial charge in [0.15, 0.2) is 9.84 Å². The molecular weight excluding hydrogens is 424 g/mol. The molecule has 31 heavy (non-hydrogen) atoms. The van der Waals surface area contributed by atoms with Gasteiger partial charge >= 0.3 is 0 Å². The number of benzene rings is 2. The van der Waals surface area contributed by atoms with Crippen molar-refractivity contribution in [3.8, 4) is 6.07 Å². The van der Waals surface area contributed by atoms with Crippen molar-refractivity contribution in [1.82, 2.24) is 4.90 Å². The highest BCUT2D eigenvalue weighted by Gasteiger charge is 2.25. The number of hydrogen-bond acceptors (Lipinski definition) is 5. The molecular formula is C25H32N2O2S2. The monoisotopic (exact) mass is 456 g/mol. The number of hydrogen-bond donors (Lipinski definition) is 0. The highest BCUT2D eigenvalue weighted by Crippen LogP contribution is 2.36. The fourth-order valence-corrected chi connectivity index (χ4v) is 7.09. The van der Waals surface area contributed by atoms with Crippen LogP contribution in [0.4, 0.5) is 0 Å². The maximum atomic E-state index is 13.3. The van der Waals surface area contributed by atoms with E-state index in [1.807, 2.05) is 13.8 Å². The molecule has 1 fully saturated rings. The third-order valence-electron chi connectivity index (χ3n) is 6.15. The van der Waals surface area contributed by atoms with Gasteiger partial charge in [0.2, 0.25) is 0 Å². The van der Waals surface area contributed by atoms with E-state index in [9.17, 15) is 13.7 Å². The molecule has 0 spiro atoms. The summed E-state index contributed by atoms with van der Waals surface area (Å²) in [6.45, 7) is 10.6. The molecule has 0 aliphatic carbocycles. The summed E-state index contributed by atoms with van der Waals surface area (Å²) >= 11 is 1.47. The zero-order valence-electron chi connectivity index (χ0n) is 18.9. The molecule has 1 saturated heterocycles. The van der Waals surface area contributed by atoms with Crippen molar-refractivity contribution in [2.75, 3.05) is 18.8 Å². The quantitative estimate of drug-likeness (QED) is 0.542. The van der Waals surface area contributed by atoms with Crippen LogP contribution in [0.2, 0.25) is 0 Å². The minimum absolute atomic E-state index is 0.134. The second-order valence-corrected chi connectivity index (χ2v) is 12.0. The Labute approximate surface area is 191 Å². The van der Waals surface area contributed by atoms with Gasteiger partial charge in [-0.1, -0.05) is 23.9 Å². The first kappa shape index (κ1) is 23.8. The minimum atomic E-state index is -3.48. The zero-order chi connectivity index (χ0) is 22.6. The van der Waals surface area contributed by atoms with Crippen LogP contribution >= 0.6 is 11.8 Å². The first-order valence-corrected chi connectivity index (χ1v) is 13.4. The topological polar surface area (TPSA) is 61.2 Å². The van der Waals surface area contributed by atoms with Crippen LogP contribution in [0.3, 0.4) is 0 Å². The Morgan fingerprint density at radius 3 is 2.45 bits per heavy atom. The average Bonchev–Trinajstić information content (AvgIpc) is 2.75. The second kappa shape index (κ2) is 10.2. The Bertz CT molecular complexity index is 1060. The van der Waals surface area contributed by atoms with Crippen LogP contribution in [-0.2, 0) is 9.84 Å². The van der Waals surface area contributed by atoms with Gasteiger partial charge in [0.1, 0.15) is 0 Å². The fourth-order valence-electron chi connectivity index (χ4n) is 4.03. The van der Waals surface area contributed by atoms with E-state index >= 15 is 0 Å². The van der Waals surface area contributed by atoms with Gasteiger partial charge in [-0.3, -0.25) is 0 Å². The number of aryl methyl sites for hydroxylation is 2. The number of sulfone groups is 1. The predicted molar refractivity (Wildman–Crippen MR) is 127 cm³/mol. The summed E-state index contributed by atoms with van der Waals surface area (Å²) in [4.78, 5) is 4.49. The van der Waals surface area contributed by atoms with Gasteiger partial charge in [-0.05, 0) is 101 Å². The molecule has 1 aliphatic heterocycles. The molecule has 0 amide bonds. The van der Waals surface area contributed by atoms with Crippen molar-refractivity contribution in [2.24, 2.45) is 5.92 Å². The molecule has 6 heteroatoms. The second-order valence-electron chi connectivity index (χ2n) is 8.82. The largest absolute Gasteiger partial charge is 0.301 e. The molecule has 0 radical (unpaired) electrons. The third-order valence-corrected chi connectivity index (χ3v) is 9.29. The van der Waals surface area contributed by atoms with Crippen molar-refractivity contribution < 1.29 is 8.42 Å². The first-order valence-electron chi connectivity index (χ1n) is 11.0. The minimum Gasteiger partial charge on any atom is -0.301 e. The van der Waals surface area contributed by atoms with Gasteiger partial charge in [0.05, 0.1) is 22.3 Å². The number of nitrogens with zero attached hydrogens (tertiary/aromatic N) is 2. The third kappa shape index (κ3) is 6.12. The van der Waals surface area contributed by atoms with Gasteiger partial charge in [-0.15, -0.1) is 0 Å². The van der Waals surface area contributed by atoms with Gasteiger partial charge in [-0.2, -0.15) is 5.26 Å². The van der Waals surface area contributed by atoms with Gasteiger partial charge in [0, 0.05) is 15.8 Å². The molecule has 0 atom stereocenters. The summed E-state index contributed by atoms with van der Waals surface area (Å²) in [6.07, 6.45) is 2.78. The summed E-state index contributed by atoms with van der Waals surface area (Å²) in [5, 5.41) is 9.34. The lowest BCUT2D eigenvalue weighted by molar-refractivity contribution is 0.148. The van der Waals surface area contributed by atoms with Crippen molar-refractivity contribution in [3.05, 3.63) is 53.1 Å². The van der Waals surface area contributed by atoms with E-state index in [0.29, 0.717) is 28.8 Å².